The van der Waals surface area contributed by atoms with Crippen LogP contribution in [0, 0.1) is 3.57 Å². The third kappa shape index (κ3) is 2.98. The molecule has 0 N–H and O–H groups in total. The smallest absolute Gasteiger partial charge is 0.319 e. The lowest BCUT2D eigenvalue weighted by Gasteiger charge is -2.05. The predicted octanol–water partition coefficient (Wildman–Crippen LogP) is 1.88. The van der Waals surface area contributed by atoms with E-state index in [2.05, 4.69) is 32.6 Å². The zero-order chi connectivity index (χ0) is 9.68. The number of ether oxygens (including phenoxy) is 2. The summed E-state index contributed by atoms with van der Waals surface area (Å²) < 4.78 is 11.3. The van der Waals surface area contributed by atoms with Crippen molar-refractivity contribution in [1.82, 2.24) is 9.97 Å². The minimum absolute atomic E-state index is 0.367. The van der Waals surface area contributed by atoms with Gasteiger partial charge in [-0.3, -0.25) is 0 Å². The van der Waals surface area contributed by atoms with E-state index in [0.29, 0.717) is 25.1 Å². The van der Waals surface area contributed by atoms with E-state index in [1.54, 1.807) is 6.20 Å². The molecule has 0 aliphatic rings. The summed E-state index contributed by atoms with van der Waals surface area (Å²) >= 11 is 2.12. The maximum Gasteiger partial charge on any atom is 0.319 e. The monoisotopic (exact) mass is 294 g/mol. The molecule has 13 heavy (non-hydrogen) atoms. The summed E-state index contributed by atoms with van der Waals surface area (Å²) in [5.74, 6) is 0.585. The normalized spacial score (nSPS) is 9.77. The van der Waals surface area contributed by atoms with Gasteiger partial charge in [0.2, 0.25) is 5.88 Å². The lowest BCUT2D eigenvalue weighted by atomic mass is 10.6. The number of aromatic nitrogens is 2. The number of hydrogen-bond donors (Lipinski definition) is 0. The van der Waals surface area contributed by atoms with Crippen LogP contribution in [0.25, 0.3) is 0 Å². The molecule has 1 aromatic heterocycles. The lowest BCUT2D eigenvalue weighted by Crippen LogP contribution is -2.02. The largest absolute Gasteiger partial charge is 0.477 e. The minimum atomic E-state index is 0.367. The highest BCUT2D eigenvalue weighted by Crippen LogP contribution is 2.19. The Morgan fingerprint density at radius 1 is 1.31 bits per heavy atom. The number of rotatable bonds is 4. The molecule has 0 aromatic carbocycles. The van der Waals surface area contributed by atoms with Gasteiger partial charge in [0, 0.05) is 0 Å². The summed E-state index contributed by atoms with van der Waals surface area (Å²) in [4.78, 5) is 8.08. The summed E-state index contributed by atoms with van der Waals surface area (Å²) in [6, 6.07) is 0.367. The van der Waals surface area contributed by atoms with Crippen molar-refractivity contribution in [2.75, 3.05) is 13.2 Å². The van der Waals surface area contributed by atoms with Crippen LogP contribution in [0.1, 0.15) is 13.8 Å². The van der Waals surface area contributed by atoms with Crippen LogP contribution < -0.4 is 9.47 Å². The molecule has 0 aliphatic heterocycles. The summed E-state index contributed by atoms with van der Waals surface area (Å²) in [7, 11) is 0. The Morgan fingerprint density at radius 3 is 2.62 bits per heavy atom. The second-order valence-electron chi connectivity index (χ2n) is 2.17. The van der Waals surface area contributed by atoms with E-state index in [4.69, 9.17) is 9.47 Å². The van der Waals surface area contributed by atoms with Crippen molar-refractivity contribution in [1.29, 1.82) is 0 Å². The van der Waals surface area contributed by atoms with Crippen molar-refractivity contribution < 1.29 is 9.47 Å². The molecule has 0 unspecified atom stereocenters. The van der Waals surface area contributed by atoms with Gasteiger partial charge < -0.3 is 9.47 Å². The molecule has 0 spiro atoms. The molecule has 0 aliphatic carbocycles. The van der Waals surface area contributed by atoms with Gasteiger partial charge in [0.1, 0.15) is 0 Å². The van der Waals surface area contributed by atoms with Crippen LogP contribution in [-0.2, 0) is 0 Å². The van der Waals surface area contributed by atoms with Gasteiger partial charge in [0.25, 0.3) is 0 Å². The van der Waals surface area contributed by atoms with Crippen LogP contribution in [0.2, 0.25) is 0 Å². The first-order valence-electron chi connectivity index (χ1n) is 4.06. The lowest BCUT2D eigenvalue weighted by molar-refractivity contribution is 0.287. The maximum atomic E-state index is 5.29. The Labute approximate surface area is 90.8 Å². The van der Waals surface area contributed by atoms with Gasteiger partial charge in [0.15, 0.2) is 0 Å². The second-order valence-corrected chi connectivity index (χ2v) is 3.33. The van der Waals surface area contributed by atoms with Crippen LogP contribution in [0.3, 0.4) is 0 Å². The molecule has 5 heteroatoms. The Kier molecular flexibility index (Phi) is 4.20. The molecule has 0 saturated carbocycles. The van der Waals surface area contributed by atoms with Gasteiger partial charge >= 0.3 is 6.01 Å². The van der Waals surface area contributed by atoms with E-state index < -0.39 is 0 Å². The summed E-state index contributed by atoms with van der Waals surface area (Å²) in [5, 5.41) is 0. The van der Waals surface area contributed by atoms with E-state index >= 15 is 0 Å². The van der Waals surface area contributed by atoms with Crippen LogP contribution in [-0.4, -0.2) is 23.2 Å². The van der Waals surface area contributed by atoms with Gasteiger partial charge in [0.05, 0.1) is 23.0 Å². The summed E-state index contributed by atoms with van der Waals surface area (Å²) in [6.07, 6.45) is 1.68. The molecule has 0 atom stereocenters. The molecule has 4 nitrogen and oxygen atoms in total. The van der Waals surface area contributed by atoms with Gasteiger partial charge in [-0.1, -0.05) is 0 Å². The first-order valence-corrected chi connectivity index (χ1v) is 5.14. The zero-order valence-corrected chi connectivity index (χ0v) is 9.74. The van der Waals surface area contributed by atoms with E-state index in [1.165, 1.54) is 0 Å². The Balaban J connectivity index is 2.83. The molecule has 0 amide bonds. The van der Waals surface area contributed by atoms with E-state index in [9.17, 15) is 0 Å². The summed E-state index contributed by atoms with van der Waals surface area (Å²) in [6.45, 7) is 4.96. The minimum Gasteiger partial charge on any atom is -0.477 e. The molecule has 1 aromatic rings. The fourth-order valence-corrected chi connectivity index (χ4v) is 1.19. The molecule has 0 radical (unpaired) electrons. The number of hydrogen-bond acceptors (Lipinski definition) is 4. The van der Waals surface area contributed by atoms with Crippen molar-refractivity contribution in [2.24, 2.45) is 0 Å². The average Bonchev–Trinajstić information content (AvgIpc) is 2.12. The number of halogens is 1. The highest BCUT2D eigenvalue weighted by Gasteiger charge is 2.05. The van der Waals surface area contributed by atoms with Crippen molar-refractivity contribution in [3.05, 3.63) is 9.77 Å². The molecule has 0 fully saturated rings. The van der Waals surface area contributed by atoms with E-state index in [0.717, 1.165) is 3.57 Å². The predicted molar refractivity (Wildman–Crippen MR) is 57.1 cm³/mol. The highest BCUT2D eigenvalue weighted by atomic mass is 127. The average molecular weight is 294 g/mol. The first-order chi connectivity index (χ1) is 6.27. The Morgan fingerprint density at radius 2 is 2.00 bits per heavy atom. The molecule has 1 heterocycles. The van der Waals surface area contributed by atoms with Crippen molar-refractivity contribution in [3.8, 4) is 11.9 Å². The van der Waals surface area contributed by atoms with Crippen LogP contribution in [0.15, 0.2) is 6.20 Å². The van der Waals surface area contributed by atoms with Gasteiger partial charge in [-0.05, 0) is 36.4 Å². The van der Waals surface area contributed by atoms with Crippen molar-refractivity contribution >= 4 is 22.6 Å². The van der Waals surface area contributed by atoms with E-state index in [-0.39, 0.29) is 0 Å². The third-order valence-corrected chi connectivity index (χ3v) is 1.98. The summed E-state index contributed by atoms with van der Waals surface area (Å²) in [5.41, 5.74) is 0. The van der Waals surface area contributed by atoms with Crippen molar-refractivity contribution in [3.63, 3.8) is 0 Å². The molecular formula is C8H11IN2O2. The molecule has 0 bridgehead atoms. The molecular weight excluding hydrogens is 283 g/mol. The fourth-order valence-electron chi connectivity index (χ4n) is 0.773. The number of nitrogens with zero attached hydrogens (tertiary/aromatic N) is 2. The van der Waals surface area contributed by atoms with E-state index in [1.807, 2.05) is 13.8 Å². The van der Waals surface area contributed by atoms with Gasteiger partial charge in [-0.15, -0.1) is 0 Å². The second kappa shape index (κ2) is 5.21. The quantitative estimate of drug-likeness (QED) is 0.795. The van der Waals surface area contributed by atoms with Gasteiger partial charge in [-0.25, -0.2) is 4.98 Å². The molecule has 0 saturated heterocycles. The van der Waals surface area contributed by atoms with Gasteiger partial charge in [-0.2, -0.15) is 4.98 Å². The van der Waals surface area contributed by atoms with Crippen molar-refractivity contribution in [2.45, 2.75) is 13.8 Å². The Bertz CT molecular complexity index is 281. The highest BCUT2D eigenvalue weighted by molar-refractivity contribution is 14.1. The van der Waals surface area contributed by atoms with Crippen LogP contribution >= 0.6 is 22.6 Å². The van der Waals surface area contributed by atoms with Crippen LogP contribution in [0.4, 0.5) is 0 Å². The first kappa shape index (κ1) is 10.5. The SMILES string of the molecule is CCOc1ncc(I)c(OCC)n1. The molecule has 1 rings (SSSR count). The fraction of sp³-hybridized carbons (Fsp3) is 0.500. The topological polar surface area (TPSA) is 44.2 Å². The molecule has 72 valence electrons. The van der Waals surface area contributed by atoms with Crippen LogP contribution in [0.5, 0.6) is 11.9 Å². The zero-order valence-electron chi connectivity index (χ0n) is 7.58. The standard InChI is InChI=1S/C8H11IN2O2/c1-3-12-7-6(9)5-10-8(11-7)13-4-2/h5H,3-4H2,1-2H3. The maximum absolute atomic E-state index is 5.29. The third-order valence-electron chi connectivity index (χ3n) is 1.24. The Hall–Kier alpha value is -0.590.